The lowest BCUT2D eigenvalue weighted by Crippen LogP contribution is -2.51. The molecule has 8 nitrogen and oxygen atoms in total. The molecule has 0 bridgehead atoms. The van der Waals surface area contributed by atoms with Crippen LogP contribution < -0.4 is 10.4 Å². The molecule has 3 rings (SSSR count). The van der Waals surface area contributed by atoms with Gasteiger partial charge in [-0.15, -0.1) is 0 Å². The van der Waals surface area contributed by atoms with Crippen molar-refractivity contribution < 1.29 is 28.7 Å². The molecule has 2 unspecified atom stereocenters. The summed E-state index contributed by atoms with van der Waals surface area (Å²) in [6, 6.07) is -0.484. The number of aliphatic hydroxyl groups excluding tert-OH is 1. The fourth-order valence-electron chi connectivity index (χ4n) is 3.63. The number of carboxylic acids is 1. The minimum absolute atomic E-state index is 0.243. The number of nitrogens with one attached hydrogen (secondary N) is 1. The van der Waals surface area contributed by atoms with Crippen LogP contribution in [0.25, 0.3) is 0 Å². The second-order valence-electron chi connectivity index (χ2n) is 8.62. The molecule has 9 heteroatoms. The number of rotatable bonds is 5. The molecule has 0 saturated carbocycles. The molecule has 0 spiro atoms. The number of halogens is 1. The van der Waals surface area contributed by atoms with E-state index in [0.717, 1.165) is 29.0 Å². The Morgan fingerprint density at radius 1 is 1.33 bits per heavy atom. The van der Waals surface area contributed by atoms with E-state index in [2.05, 4.69) is 26.5 Å². The van der Waals surface area contributed by atoms with Crippen LogP contribution in [0.1, 0.15) is 13.3 Å². The summed E-state index contributed by atoms with van der Waals surface area (Å²) in [6.45, 7) is 5.75. The fraction of sp³-hybridized carbons (Fsp3) is 0.619. The van der Waals surface area contributed by atoms with E-state index in [1.165, 1.54) is 6.08 Å². The summed E-state index contributed by atoms with van der Waals surface area (Å²) in [5, 5.41) is 22.8. The first-order chi connectivity index (χ1) is 14.1. The molecule has 1 fully saturated rings. The highest BCUT2D eigenvalue weighted by molar-refractivity contribution is 6.16. The van der Waals surface area contributed by atoms with Crippen LogP contribution in [-0.2, 0) is 9.59 Å². The van der Waals surface area contributed by atoms with Gasteiger partial charge < -0.3 is 29.7 Å². The van der Waals surface area contributed by atoms with Crippen molar-refractivity contribution in [2.24, 2.45) is 5.92 Å². The molecule has 1 amide bonds. The highest BCUT2D eigenvalue weighted by atomic mass is 19.1. The topological polar surface area (TPSA) is 95.9 Å². The van der Waals surface area contributed by atoms with Crippen molar-refractivity contribution in [3.63, 3.8) is 0 Å². The number of amides is 1. The summed E-state index contributed by atoms with van der Waals surface area (Å²) in [5.74, 6) is -3.31. The molecular weight excluding hydrogens is 391 g/mol. The number of fused-ring (bicyclic) bond motifs is 1. The number of likely N-dealkylation sites (N-methyl/N-ethyl adjacent to an activating group) is 1. The Kier molecular flexibility index (Phi) is 8.17. The van der Waals surface area contributed by atoms with Gasteiger partial charge in [0.25, 0.3) is 5.91 Å². The Morgan fingerprint density at radius 3 is 2.43 bits per heavy atom. The van der Waals surface area contributed by atoms with Gasteiger partial charge in [-0.25, -0.2) is 0 Å². The van der Waals surface area contributed by atoms with Crippen molar-refractivity contribution in [2.45, 2.75) is 19.4 Å². The fourth-order valence-corrected chi connectivity index (χ4v) is 3.63. The van der Waals surface area contributed by atoms with E-state index in [4.69, 9.17) is 5.11 Å². The second-order valence-corrected chi connectivity index (χ2v) is 8.62. The van der Waals surface area contributed by atoms with Crippen molar-refractivity contribution in [2.75, 3.05) is 60.5 Å². The molecule has 2 N–H and O–H groups in total. The Hall–Kier alpha value is -2.23. The Morgan fingerprint density at radius 2 is 1.97 bits per heavy atom. The van der Waals surface area contributed by atoms with Crippen molar-refractivity contribution in [3.05, 3.63) is 35.4 Å². The van der Waals surface area contributed by atoms with Crippen molar-refractivity contribution in [1.82, 2.24) is 15.1 Å². The predicted octanol–water partition coefficient (Wildman–Crippen LogP) is -0.802. The van der Waals surface area contributed by atoms with Gasteiger partial charge in [0.1, 0.15) is 6.54 Å². The molecule has 0 aliphatic carbocycles. The number of quaternary nitrogens is 1. The number of nitrogens with zero attached hydrogens (tertiary/aromatic N) is 3. The molecule has 0 aromatic heterocycles. The van der Waals surface area contributed by atoms with Crippen LogP contribution >= 0.6 is 0 Å². The maximum Gasteiger partial charge on any atom is 0.262 e. The van der Waals surface area contributed by atoms with E-state index in [-0.39, 0.29) is 12.5 Å². The number of aliphatic carboxylic acids is 1. The zero-order chi connectivity index (χ0) is 22.5. The molecule has 0 aromatic carbocycles. The van der Waals surface area contributed by atoms with Crippen LogP contribution in [0.4, 0.5) is 4.39 Å². The molecule has 1 saturated heterocycles. The van der Waals surface area contributed by atoms with E-state index >= 15 is 0 Å². The molecule has 3 heterocycles. The van der Waals surface area contributed by atoms with Gasteiger partial charge in [-0.3, -0.25) is 9.69 Å². The minimum atomic E-state index is -1.56. The maximum absolute atomic E-state index is 15.0. The smallest absolute Gasteiger partial charge is 0.262 e. The van der Waals surface area contributed by atoms with Gasteiger partial charge in [-0.2, -0.15) is 4.39 Å². The number of piperazine rings is 1. The molecule has 0 aromatic rings. The summed E-state index contributed by atoms with van der Waals surface area (Å²) >= 11 is 0. The normalized spacial score (nSPS) is 24.2. The van der Waals surface area contributed by atoms with Crippen LogP contribution in [0.3, 0.4) is 0 Å². The molecule has 3 aliphatic rings. The molecule has 2 atom stereocenters. The number of carbonyl (C=O) groups excluding carboxylic acids is 2. The highest BCUT2D eigenvalue weighted by Crippen LogP contribution is 2.35. The molecule has 168 valence electrons. The third kappa shape index (κ3) is 5.68. The van der Waals surface area contributed by atoms with Gasteiger partial charge in [0.15, 0.2) is 0 Å². The second kappa shape index (κ2) is 10.2. The Bertz CT molecular complexity index is 736. The van der Waals surface area contributed by atoms with Gasteiger partial charge in [-0.1, -0.05) is 19.1 Å². The average molecular weight is 425 g/mol. The van der Waals surface area contributed by atoms with Gasteiger partial charge in [0.05, 0.1) is 51.0 Å². The lowest BCUT2D eigenvalue weighted by atomic mass is 9.87. The number of carbonyl (C=O) groups is 2. The summed E-state index contributed by atoms with van der Waals surface area (Å²) < 4.78 is 15.8. The first kappa shape index (κ1) is 24.0. The number of carboxylic acid groups (broad SMARTS) is 1. The first-order valence-corrected chi connectivity index (χ1v) is 10.3. The van der Waals surface area contributed by atoms with Crippen molar-refractivity contribution in [1.29, 1.82) is 0 Å². The molecular formula is C21H33FN4O4. The van der Waals surface area contributed by atoms with Gasteiger partial charge >= 0.3 is 0 Å². The highest BCUT2D eigenvalue weighted by Gasteiger charge is 2.40. The summed E-state index contributed by atoms with van der Waals surface area (Å²) in [7, 11) is 6.16. The number of allylic oxidation sites excluding steroid dienone is 1. The summed E-state index contributed by atoms with van der Waals surface area (Å²) in [6.07, 6.45) is 5.49. The van der Waals surface area contributed by atoms with Crippen LogP contribution in [0.2, 0.25) is 0 Å². The van der Waals surface area contributed by atoms with E-state index in [9.17, 15) is 19.1 Å². The summed E-state index contributed by atoms with van der Waals surface area (Å²) in [4.78, 5) is 26.4. The number of hydrogen-bond acceptors (Lipinski definition) is 6. The first-order valence-electron chi connectivity index (χ1n) is 10.3. The summed E-state index contributed by atoms with van der Waals surface area (Å²) in [5.41, 5.74) is -0.122. The van der Waals surface area contributed by atoms with E-state index in [0.29, 0.717) is 25.2 Å². The molecule has 3 aliphatic heterocycles. The minimum Gasteiger partial charge on any atom is -0.545 e. The maximum atomic E-state index is 15.0. The number of hydrogen-bond donors (Lipinski definition) is 2. The Balaban J connectivity index is 0.000000396. The van der Waals surface area contributed by atoms with Crippen molar-refractivity contribution in [3.8, 4) is 0 Å². The van der Waals surface area contributed by atoms with Gasteiger partial charge in [0, 0.05) is 32.1 Å². The average Bonchev–Trinajstić information content (AvgIpc) is 2.68. The Labute approximate surface area is 177 Å². The van der Waals surface area contributed by atoms with E-state index < -0.39 is 29.4 Å². The van der Waals surface area contributed by atoms with Gasteiger partial charge in [0.2, 0.25) is 5.95 Å². The van der Waals surface area contributed by atoms with Crippen molar-refractivity contribution >= 4 is 11.9 Å². The quantitative estimate of drug-likeness (QED) is 0.341. The zero-order valence-electron chi connectivity index (χ0n) is 18.2. The predicted molar refractivity (Wildman–Crippen MR) is 109 cm³/mol. The number of aliphatic hydroxyl groups is 1. The standard InChI is InChI=1S/C16H20FN3O3.C5H14NO/c1-2-10-9-11(16(22)23)15(21)20-12(10)3-4-13(14(20)17)19-7-5-18-6-8-19;1-6(2,3)4-5-7/h3-4,9-10,12,18H,2,5-8H2,1H3,(H,22,23);7H,4-5H2,1-3H3/q;+1/p-1. The van der Waals surface area contributed by atoms with E-state index in [1.54, 1.807) is 12.2 Å². The lowest BCUT2D eigenvalue weighted by Gasteiger charge is -2.42. The zero-order valence-corrected chi connectivity index (χ0v) is 18.2. The van der Waals surface area contributed by atoms with Crippen LogP contribution in [-0.4, -0.2) is 97.8 Å². The third-order valence-corrected chi connectivity index (χ3v) is 5.36. The van der Waals surface area contributed by atoms with Gasteiger partial charge in [-0.05, 0) is 12.5 Å². The molecule has 30 heavy (non-hydrogen) atoms. The SMILES string of the molecule is CCC1C=C(C(=O)[O-])C(=O)N2C(F)=C(N3CCNCC3)C=CC12.C[N+](C)(C)CCO. The van der Waals surface area contributed by atoms with Crippen LogP contribution in [0.15, 0.2) is 35.4 Å². The third-order valence-electron chi connectivity index (χ3n) is 5.36. The van der Waals surface area contributed by atoms with Crippen LogP contribution in [0, 0.1) is 5.92 Å². The monoisotopic (exact) mass is 424 g/mol. The molecule has 0 radical (unpaired) electrons. The lowest BCUT2D eigenvalue weighted by molar-refractivity contribution is -0.870. The van der Waals surface area contributed by atoms with Crippen LogP contribution in [0.5, 0.6) is 0 Å². The largest absolute Gasteiger partial charge is 0.545 e. The van der Waals surface area contributed by atoms with E-state index in [1.807, 2.05) is 11.8 Å².